The number of thioether (sulfide) groups is 1. The van der Waals surface area contributed by atoms with Crippen molar-refractivity contribution < 1.29 is 9.59 Å². The second-order valence-electron chi connectivity index (χ2n) is 9.01. The molecule has 2 atom stereocenters. The van der Waals surface area contributed by atoms with Gasteiger partial charge in [0, 0.05) is 28.9 Å². The van der Waals surface area contributed by atoms with Crippen molar-refractivity contribution >= 4 is 39.9 Å². The number of aryl methyl sites for hydroxylation is 1. The van der Waals surface area contributed by atoms with Gasteiger partial charge in [-0.05, 0) is 55.7 Å². The van der Waals surface area contributed by atoms with Crippen LogP contribution in [0, 0.1) is 5.92 Å². The summed E-state index contributed by atoms with van der Waals surface area (Å²) in [5, 5.41) is 13.2. The molecule has 0 unspecified atom stereocenters. The summed E-state index contributed by atoms with van der Waals surface area (Å²) in [6.07, 6.45) is 11.0. The maximum absolute atomic E-state index is 12.9. The number of anilines is 1. The molecule has 3 aromatic rings. The van der Waals surface area contributed by atoms with Gasteiger partial charge >= 0.3 is 0 Å². The molecule has 0 radical (unpaired) electrons. The lowest BCUT2D eigenvalue weighted by Crippen LogP contribution is -2.23. The number of hydrogen-bond donors (Lipinski definition) is 2. The van der Waals surface area contributed by atoms with Crippen molar-refractivity contribution in [3.05, 3.63) is 40.5 Å². The summed E-state index contributed by atoms with van der Waals surface area (Å²) < 4.78 is 2.20. The Morgan fingerprint density at radius 1 is 1.24 bits per heavy atom. The number of carbonyl (C=O) groups is 2. The Balaban J connectivity index is 1.36. The number of amides is 2. The monoisotopic (exact) mass is 496 g/mol. The molecule has 178 valence electrons. The average Bonchev–Trinajstić information content (AvgIpc) is 3.53. The standard InChI is InChI=1S/C24H28N6O2S2/c1-14-6-2-3-9-17(14)30-22(15-7-5-11-26-12-15)28-29-24(30)33-13-19(31)27-23-20(21(25)32)16-8-4-10-18(16)34-23/h5,7,11-12,14,17H,2-4,6,8-10,13H2,1H3,(H2,25,32)(H,27,31)/t14-,17-/m0/s1. The van der Waals surface area contributed by atoms with E-state index in [1.807, 2.05) is 12.1 Å². The third-order valence-electron chi connectivity index (χ3n) is 6.74. The molecule has 2 aliphatic carbocycles. The van der Waals surface area contributed by atoms with Gasteiger partial charge in [-0.25, -0.2) is 0 Å². The highest BCUT2D eigenvalue weighted by Crippen LogP contribution is 2.40. The average molecular weight is 497 g/mol. The Morgan fingerprint density at radius 3 is 2.85 bits per heavy atom. The van der Waals surface area contributed by atoms with E-state index in [-0.39, 0.29) is 17.7 Å². The lowest BCUT2D eigenvalue weighted by Gasteiger charge is -2.31. The van der Waals surface area contributed by atoms with Gasteiger partial charge in [0.2, 0.25) is 5.91 Å². The first kappa shape index (κ1) is 23.0. The van der Waals surface area contributed by atoms with Crippen LogP contribution in [0.1, 0.15) is 65.9 Å². The molecule has 0 aromatic carbocycles. The van der Waals surface area contributed by atoms with Crippen molar-refractivity contribution in [1.29, 1.82) is 0 Å². The number of aromatic nitrogens is 4. The van der Waals surface area contributed by atoms with Crippen LogP contribution in [-0.2, 0) is 17.6 Å². The number of thiophene rings is 1. The molecule has 0 spiro atoms. The zero-order valence-corrected chi connectivity index (χ0v) is 20.8. The molecule has 2 aliphatic rings. The van der Waals surface area contributed by atoms with Crippen LogP contribution in [0.15, 0.2) is 29.7 Å². The summed E-state index contributed by atoms with van der Waals surface area (Å²) in [6.45, 7) is 2.28. The van der Waals surface area contributed by atoms with Crippen molar-refractivity contribution in [1.82, 2.24) is 19.7 Å². The van der Waals surface area contributed by atoms with Gasteiger partial charge in [-0.2, -0.15) is 0 Å². The second-order valence-corrected chi connectivity index (χ2v) is 11.1. The number of nitrogens with zero attached hydrogens (tertiary/aromatic N) is 4. The largest absolute Gasteiger partial charge is 0.365 e. The molecule has 3 aromatic heterocycles. The third-order valence-corrected chi connectivity index (χ3v) is 8.89. The number of hydrogen-bond acceptors (Lipinski definition) is 7. The van der Waals surface area contributed by atoms with Crippen molar-refractivity contribution in [2.24, 2.45) is 11.7 Å². The maximum atomic E-state index is 12.9. The molecule has 0 bridgehead atoms. The van der Waals surface area contributed by atoms with Crippen LogP contribution in [0.5, 0.6) is 0 Å². The van der Waals surface area contributed by atoms with Crippen LogP contribution in [0.3, 0.4) is 0 Å². The molecule has 3 N–H and O–H groups in total. The minimum Gasteiger partial charge on any atom is -0.365 e. The van der Waals surface area contributed by atoms with Gasteiger partial charge in [-0.15, -0.1) is 21.5 Å². The van der Waals surface area contributed by atoms with Gasteiger partial charge in [0.25, 0.3) is 5.91 Å². The topological polar surface area (TPSA) is 116 Å². The van der Waals surface area contributed by atoms with Crippen molar-refractivity contribution in [3.63, 3.8) is 0 Å². The van der Waals surface area contributed by atoms with E-state index in [0.717, 1.165) is 52.7 Å². The zero-order valence-electron chi connectivity index (χ0n) is 19.1. The fourth-order valence-electron chi connectivity index (χ4n) is 5.09. The number of primary amides is 1. The van der Waals surface area contributed by atoms with E-state index in [9.17, 15) is 9.59 Å². The van der Waals surface area contributed by atoms with Crippen LogP contribution in [0.25, 0.3) is 11.4 Å². The van der Waals surface area contributed by atoms with E-state index in [1.54, 1.807) is 12.4 Å². The molecule has 34 heavy (non-hydrogen) atoms. The highest BCUT2D eigenvalue weighted by Gasteiger charge is 2.30. The van der Waals surface area contributed by atoms with Gasteiger partial charge in [-0.3, -0.25) is 19.1 Å². The molecule has 1 fully saturated rings. The fraction of sp³-hybridized carbons (Fsp3) is 0.458. The molecule has 0 saturated heterocycles. The Kier molecular flexibility index (Phi) is 6.69. The molecule has 8 nitrogen and oxygen atoms in total. The Labute approximate surface area is 206 Å². The van der Waals surface area contributed by atoms with Gasteiger partial charge in [0.1, 0.15) is 5.00 Å². The fourth-order valence-corrected chi connectivity index (χ4v) is 7.20. The van der Waals surface area contributed by atoms with Gasteiger partial charge in [0.05, 0.1) is 11.3 Å². The second kappa shape index (κ2) is 9.87. The summed E-state index contributed by atoms with van der Waals surface area (Å²) in [5.41, 5.74) is 8.04. The Bertz CT molecular complexity index is 1210. The third kappa shape index (κ3) is 4.48. The molecule has 3 heterocycles. The van der Waals surface area contributed by atoms with Crippen LogP contribution in [0.2, 0.25) is 0 Å². The quantitative estimate of drug-likeness (QED) is 0.466. The predicted molar refractivity (Wildman–Crippen MR) is 134 cm³/mol. The van der Waals surface area contributed by atoms with Crippen molar-refractivity contribution in [2.75, 3.05) is 11.1 Å². The molecule has 0 aliphatic heterocycles. The Hall–Kier alpha value is -2.72. The summed E-state index contributed by atoms with van der Waals surface area (Å²) >= 11 is 2.85. The molecule has 10 heteroatoms. The van der Waals surface area contributed by atoms with Crippen LogP contribution >= 0.6 is 23.1 Å². The maximum Gasteiger partial charge on any atom is 0.251 e. The summed E-state index contributed by atoms with van der Waals surface area (Å²) in [7, 11) is 0. The SMILES string of the molecule is C[C@H]1CCCC[C@@H]1n1c(SCC(=O)Nc2sc3c(c2C(N)=O)CCC3)nnc1-c1cccnc1. The number of rotatable bonds is 7. The number of nitrogens with one attached hydrogen (secondary N) is 1. The van der Waals surface area contributed by atoms with E-state index in [4.69, 9.17) is 5.73 Å². The van der Waals surface area contributed by atoms with Crippen LogP contribution in [-0.4, -0.2) is 37.3 Å². The number of nitrogens with two attached hydrogens (primary N) is 1. The number of fused-ring (bicyclic) bond motifs is 1. The Morgan fingerprint density at radius 2 is 2.09 bits per heavy atom. The molecular weight excluding hydrogens is 468 g/mol. The number of pyridine rings is 1. The summed E-state index contributed by atoms with van der Waals surface area (Å²) in [6, 6.07) is 4.17. The van der Waals surface area contributed by atoms with Crippen LogP contribution in [0.4, 0.5) is 5.00 Å². The first-order valence-electron chi connectivity index (χ1n) is 11.7. The van der Waals surface area contributed by atoms with Gasteiger partial charge < -0.3 is 11.1 Å². The molecular formula is C24H28N6O2S2. The summed E-state index contributed by atoms with van der Waals surface area (Å²) in [5.74, 6) is 0.809. The van der Waals surface area contributed by atoms with Crippen molar-refractivity contribution in [2.45, 2.75) is 63.1 Å². The normalized spacial score (nSPS) is 19.7. The highest BCUT2D eigenvalue weighted by molar-refractivity contribution is 7.99. The lowest BCUT2D eigenvalue weighted by molar-refractivity contribution is -0.113. The zero-order chi connectivity index (χ0) is 23.7. The smallest absolute Gasteiger partial charge is 0.251 e. The predicted octanol–water partition coefficient (Wildman–Crippen LogP) is 4.47. The first-order chi connectivity index (χ1) is 16.5. The lowest BCUT2D eigenvalue weighted by atomic mass is 9.85. The molecule has 2 amide bonds. The minimum atomic E-state index is -0.477. The van der Waals surface area contributed by atoms with Crippen LogP contribution < -0.4 is 11.1 Å². The van der Waals surface area contributed by atoms with Gasteiger partial charge in [-0.1, -0.05) is 31.5 Å². The minimum absolute atomic E-state index is 0.174. The van der Waals surface area contributed by atoms with E-state index < -0.39 is 5.91 Å². The van der Waals surface area contributed by atoms with E-state index in [0.29, 0.717) is 16.5 Å². The van der Waals surface area contributed by atoms with Gasteiger partial charge in [0.15, 0.2) is 11.0 Å². The van der Waals surface area contributed by atoms with Crippen molar-refractivity contribution in [3.8, 4) is 11.4 Å². The first-order valence-corrected chi connectivity index (χ1v) is 13.6. The highest BCUT2D eigenvalue weighted by atomic mass is 32.2. The number of carbonyl (C=O) groups excluding carboxylic acids is 2. The molecule has 5 rings (SSSR count). The van der Waals surface area contributed by atoms with E-state index in [2.05, 4.69) is 32.0 Å². The summed E-state index contributed by atoms with van der Waals surface area (Å²) in [4.78, 5) is 30.3. The van der Waals surface area contributed by atoms with E-state index in [1.165, 1.54) is 42.4 Å². The molecule has 1 saturated carbocycles. The van der Waals surface area contributed by atoms with E-state index >= 15 is 0 Å².